The maximum atomic E-state index is 13.8. The van der Waals surface area contributed by atoms with Gasteiger partial charge in [-0.15, -0.1) is 0 Å². The van der Waals surface area contributed by atoms with Gasteiger partial charge < -0.3 is 14.7 Å². The number of benzene rings is 1. The Morgan fingerprint density at radius 3 is 2.65 bits per heavy atom. The number of hydrogen-bond acceptors (Lipinski definition) is 5. The molecule has 9 heteroatoms. The zero-order valence-electron chi connectivity index (χ0n) is 14.2. The van der Waals surface area contributed by atoms with Gasteiger partial charge in [-0.05, 0) is 31.9 Å². The van der Waals surface area contributed by atoms with Gasteiger partial charge >= 0.3 is 0 Å². The van der Waals surface area contributed by atoms with Gasteiger partial charge in [0.25, 0.3) is 5.91 Å². The third kappa shape index (κ3) is 4.04. The summed E-state index contributed by atoms with van der Waals surface area (Å²) in [5.74, 6) is -1.69. The summed E-state index contributed by atoms with van der Waals surface area (Å²) in [5, 5.41) is 6.37. The van der Waals surface area contributed by atoms with Crippen LogP contribution in [0.4, 0.5) is 8.78 Å². The predicted molar refractivity (Wildman–Crippen MR) is 85.9 cm³/mol. The van der Waals surface area contributed by atoms with E-state index in [4.69, 9.17) is 4.52 Å². The fourth-order valence-electron chi connectivity index (χ4n) is 2.90. The van der Waals surface area contributed by atoms with Crippen LogP contribution in [0.3, 0.4) is 0 Å². The maximum Gasteiger partial charge on any atom is 0.256 e. The molecule has 138 valence electrons. The minimum Gasteiger partial charge on any atom is -0.347 e. The molecule has 0 bridgehead atoms. The minimum atomic E-state index is -0.885. The molecule has 1 aromatic carbocycles. The van der Waals surface area contributed by atoms with Crippen LogP contribution in [0.15, 0.2) is 22.7 Å². The van der Waals surface area contributed by atoms with Gasteiger partial charge in [-0.3, -0.25) is 9.59 Å². The number of amides is 2. The molecule has 26 heavy (non-hydrogen) atoms. The fraction of sp³-hybridized carbons (Fsp3) is 0.412. The minimum absolute atomic E-state index is 0.152. The number of piperidine rings is 1. The molecule has 1 aliphatic rings. The van der Waals surface area contributed by atoms with E-state index in [1.807, 2.05) is 0 Å². The molecule has 1 aliphatic heterocycles. The molecule has 0 radical (unpaired) electrons. The molecule has 1 aromatic heterocycles. The van der Waals surface area contributed by atoms with E-state index in [-0.39, 0.29) is 23.9 Å². The highest BCUT2D eigenvalue weighted by atomic mass is 19.1. The molecule has 2 heterocycles. The van der Waals surface area contributed by atoms with Gasteiger partial charge in [-0.25, -0.2) is 8.78 Å². The topological polar surface area (TPSA) is 88.3 Å². The molecule has 0 aliphatic carbocycles. The van der Waals surface area contributed by atoms with E-state index >= 15 is 0 Å². The molecule has 7 nitrogen and oxygen atoms in total. The Bertz CT molecular complexity index is 816. The van der Waals surface area contributed by atoms with E-state index in [9.17, 15) is 18.4 Å². The highest BCUT2D eigenvalue weighted by Crippen LogP contribution is 2.21. The summed E-state index contributed by atoms with van der Waals surface area (Å²) in [6.45, 7) is 2.49. The summed E-state index contributed by atoms with van der Waals surface area (Å²) in [6.07, 6.45) is 0.923. The second kappa shape index (κ2) is 7.59. The van der Waals surface area contributed by atoms with Crippen LogP contribution in [-0.2, 0) is 11.3 Å². The first-order valence-corrected chi connectivity index (χ1v) is 8.25. The maximum absolute atomic E-state index is 13.8. The first kappa shape index (κ1) is 18.0. The van der Waals surface area contributed by atoms with Crippen molar-refractivity contribution < 1.29 is 22.9 Å². The Balaban J connectivity index is 1.51. The van der Waals surface area contributed by atoms with E-state index in [1.165, 1.54) is 4.90 Å². The van der Waals surface area contributed by atoms with Crippen molar-refractivity contribution in [1.29, 1.82) is 0 Å². The van der Waals surface area contributed by atoms with Crippen LogP contribution < -0.4 is 5.32 Å². The Kier molecular flexibility index (Phi) is 5.24. The summed E-state index contributed by atoms with van der Waals surface area (Å²) < 4.78 is 31.6. The summed E-state index contributed by atoms with van der Waals surface area (Å²) >= 11 is 0. The monoisotopic (exact) mass is 364 g/mol. The third-order valence-electron chi connectivity index (χ3n) is 4.30. The highest BCUT2D eigenvalue weighted by Gasteiger charge is 2.29. The number of aryl methyl sites for hydroxylation is 1. The summed E-state index contributed by atoms with van der Waals surface area (Å²) in [5.41, 5.74) is -0.166. The number of carbonyl (C=O) groups is 2. The molecule has 0 spiro atoms. The molecule has 1 N–H and O–H groups in total. The molecule has 2 amide bonds. The number of halogens is 2. The van der Waals surface area contributed by atoms with Crippen molar-refractivity contribution in [2.45, 2.75) is 26.3 Å². The van der Waals surface area contributed by atoms with Gasteiger partial charge in [0.05, 0.1) is 12.1 Å². The van der Waals surface area contributed by atoms with E-state index in [0.29, 0.717) is 43.7 Å². The number of hydrogen-bond donors (Lipinski definition) is 1. The SMILES string of the molecule is Cc1noc(CNC(=O)C2CCN(C(=O)c3ccc(F)cc3F)CC2)n1. The summed E-state index contributed by atoms with van der Waals surface area (Å²) in [6, 6.07) is 2.88. The lowest BCUT2D eigenvalue weighted by Gasteiger charge is -2.31. The van der Waals surface area contributed by atoms with Crippen molar-refractivity contribution in [3.8, 4) is 0 Å². The number of rotatable bonds is 4. The van der Waals surface area contributed by atoms with Crippen LogP contribution in [0.5, 0.6) is 0 Å². The van der Waals surface area contributed by atoms with E-state index < -0.39 is 17.5 Å². The Morgan fingerprint density at radius 1 is 1.31 bits per heavy atom. The number of carbonyl (C=O) groups excluding carboxylic acids is 2. The van der Waals surface area contributed by atoms with Crippen LogP contribution in [0.1, 0.15) is 34.9 Å². The normalized spacial score (nSPS) is 15.1. The van der Waals surface area contributed by atoms with Gasteiger partial charge in [0.15, 0.2) is 5.82 Å². The standard InChI is InChI=1S/C17H18F2N4O3/c1-10-21-15(26-22-10)9-20-16(24)11-4-6-23(7-5-11)17(25)13-3-2-12(18)8-14(13)19/h2-3,8,11H,4-7,9H2,1H3,(H,20,24). The van der Waals surface area contributed by atoms with Crippen molar-refractivity contribution in [2.24, 2.45) is 5.92 Å². The summed E-state index contributed by atoms with van der Waals surface area (Å²) in [4.78, 5) is 30.0. The van der Waals surface area contributed by atoms with Crippen LogP contribution in [-0.4, -0.2) is 39.9 Å². The number of likely N-dealkylation sites (tertiary alicyclic amines) is 1. The van der Waals surface area contributed by atoms with Crippen LogP contribution in [0, 0.1) is 24.5 Å². The molecule has 1 fully saturated rings. The Hall–Kier alpha value is -2.84. The van der Waals surface area contributed by atoms with Crippen molar-refractivity contribution in [3.05, 3.63) is 47.1 Å². The molecular formula is C17H18F2N4O3. The van der Waals surface area contributed by atoms with Crippen LogP contribution >= 0.6 is 0 Å². The predicted octanol–water partition coefficient (Wildman–Crippen LogP) is 1.82. The molecular weight excluding hydrogens is 346 g/mol. The van der Waals surface area contributed by atoms with Crippen molar-refractivity contribution in [3.63, 3.8) is 0 Å². The second-order valence-electron chi connectivity index (χ2n) is 6.14. The average Bonchev–Trinajstić information content (AvgIpc) is 3.04. The summed E-state index contributed by atoms with van der Waals surface area (Å²) in [7, 11) is 0. The van der Waals surface area contributed by atoms with Gasteiger partial charge in [0.1, 0.15) is 11.6 Å². The second-order valence-corrected chi connectivity index (χ2v) is 6.14. The largest absolute Gasteiger partial charge is 0.347 e. The van der Waals surface area contributed by atoms with Crippen LogP contribution in [0.25, 0.3) is 0 Å². The Morgan fingerprint density at radius 2 is 2.04 bits per heavy atom. The zero-order chi connectivity index (χ0) is 18.7. The molecule has 2 aromatic rings. The van der Waals surface area contributed by atoms with E-state index in [2.05, 4.69) is 15.5 Å². The zero-order valence-corrected chi connectivity index (χ0v) is 14.2. The number of aromatic nitrogens is 2. The Labute approximate surface area is 148 Å². The quantitative estimate of drug-likeness (QED) is 0.894. The molecule has 0 saturated carbocycles. The lowest BCUT2D eigenvalue weighted by Crippen LogP contribution is -2.43. The molecule has 0 atom stereocenters. The first-order valence-electron chi connectivity index (χ1n) is 8.25. The fourth-order valence-corrected chi connectivity index (χ4v) is 2.90. The average molecular weight is 364 g/mol. The number of nitrogens with zero attached hydrogens (tertiary/aromatic N) is 3. The van der Waals surface area contributed by atoms with E-state index in [0.717, 1.165) is 12.1 Å². The van der Waals surface area contributed by atoms with Crippen molar-refractivity contribution in [2.75, 3.05) is 13.1 Å². The number of nitrogens with one attached hydrogen (secondary N) is 1. The molecule has 1 saturated heterocycles. The van der Waals surface area contributed by atoms with Crippen molar-refractivity contribution in [1.82, 2.24) is 20.4 Å². The lowest BCUT2D eigenvalue weighted by atomic mass is 9.95. The third-order valence-corrected chi connectivity index (χ3v) is 4.30. The van der Waals surface area contributed by atoms with Gasteiger partial charge in [-0.2, -0.15) is 4.98 Å². The van der Waals surface area contributed by atoms with Gasteiger partial charge in [-0.1, -0.05) is 5.16 Å². The smallest absolute Gasteiger partial charge is 0.256 e. The van der Waals surface area contributed by atoms with Gasteiger partial charge in [0, 0.05) is 25.1 Å². The molecule has 0 unspecified atom stereocenters. The lowest BCUT2D eigenvalue weighted by molar-refractivity contribution is -0.126. The van der Waals surface area contributed by atoms with Crippen LogP contribution in [0.2, 0.25) is 0 Å². The van der Waals surface area contributed by atoms with Crippen molar-refractivity contribution >= 4 is 11.8 Å². The van der Waals surface area contributed by atoms with E-state index in [1.54, 1.807) is 6.92 Å². The first-order chi connectivity index (χ1) is 12.4. The highest BCUT2D eigenvalue weighted by molar-refractivity contribution is 5.94. The molecule has 3 rings (SSSR count). The van der Waals surface area contributed by atoms with Gasteiger partial charge in [0.2, 0.25) is 11.8 Å².